The van der Waals surface area contributed by atoms with Crippen molar-refractivity contribution in [3.05, 3.63) is 149 Å². The first kappa shape index (κ1) is 155. The predicted molar refractivity (Wildman–Crippen MR) is 459 cm³/mol. The second-order valence-electron chi connectivity index (χ2n) is 30.1. The monoisotopic (exact) mass is 1910 g/mol. The molecule has 0 bridgehead atoms. The molecular formula is C90H150Na12O15S5+12. The Labute approximate surface area is 1010 Å². The van der Waals surface area contributed by atoms with Crippen LogP contribution in [0.1, 0.15) is 383 Å². The molecule has 0 amide bonds. The summed E-state index contributed by atoms with van der Waals surface area (Å²) in [6.07, 6.45) is 66.6. The van der Waals surface area contributed by atoms with Gasteiger partial charge in [-0.15, -0.1) is 0 Å². The van der Waals surface area contributed by atoms with E-state index in [1.54, 1.807) is 60.7 Å². The molecule has 0 saturated carbocycles. The van der Waals surface area contributed by atoms with Crippen LogP contribution < -0.4 is 355 Å². The molecule has 0 aromatic heterocycles. The largest absolute Gasteiger partial charge is 1.00 e. The molecule has 0 atom stereocenters. The minimum atomic E-state index is -4.10. The molecule has 5 N–H and O–H groups in total. The summed E-state index contributed by atoms with van der Waals surface area (Å²) in [6.45, 7) is 11.2. The Morgan fingerprint density at radius 3 is 0.344 bits per heavy atom. The van der Waals surface area contributed by atoms with Gasteiger partial charge in [0.1, 0.15) is 0 Å². The van der Waals surface area contributed by atoms with Crippen LogP contribution in [0.25, 0.3) is 0 Å². The molecule has 0 heterocycles. The van der Waals surface area contributed by atoms with Gasteiger partial charge in [0.15, 0.2) is 0 Å². The molecule has 0 fully saturated rings. The third-order valence-electron chi connectivity index (χ3n) is 20.3. The van der Waals surface area contributed by atoms with Gasteiger partial charge in [-0.05, 0) is 122 Å². The van der Waals surface area contributed by atoms with Crippen molar-refractivity contribution >= 4 is 50.6 Å². The molecular weight excluding hydrogens is 1760 g/mol. The quantitative estimate of drug-likeness (QED) is 0.0138. The molecule has 0 radical (unpaired) electrons. The van der Waals surface area contributed by atoms with E-state index in [1.165, 1.54) is 287 Å². The molecule has 5 aromatic rings. The van der Waals surface area contributed by atoms with Gasteiger partial charge in [0.2, 0.25) is 0 Å². The maximum atomic E-state index is 11.3. The standard InChI is InChI=1S/5C18H30O3S.12Na/c5*1-2-3-4-5-6-7-8-9-10-11-14-17-15-12-13-16-18(17)22(19,20)21;;;;;;;;;;;;/h5*12-13,15-16H,2-11,14H2,1H3,(H,19,20,21);;;;;;;;;;;;/q;;;;;12*+1. The molecule has 630 valence electrons. The maximum absolute atomic E-state index is 11.3. The number of hydrogen-bond donors (Lipinski definition) is 5. The van der Waals surface area contributed by atoms with Gasteiger partial charge in [-0.3, -0.25) is 22.8 Å². The zero-order valence-corrected chi connectivity index (χ0v) is 109. The van der Waals surface area contributed by atoms with E-state index in [1.807, 2.05) is 30.3 Å². The number of aryl methyl sites for hydroxylation is 5. The van der Waals surface area contributed by atoms with Crippen molar-refractivity contribution in [1.29, 1.82) is 0 Å². The fourth-order valence-electron chi connectivity index (χ4n) is 13.8. The number of benzene rings is 5. The van der Waals surface area contributed by atoms with Crippen molar-refractivity contribution in [2.24, 2.45) is 0 Å². The summed E-state index contributed by atoms with van der Waals surface area (Å²) in [7, 11) is -20.5. The summed E-state index contributed by atoms with van der Waals surface area (Å²) in [4.78, 5) is 0.305. The molecule has 0 unspecified atom stereocenters. The fourth-order valence-corrected chi connectivity index (χ4v) is 17.6. The topological polar surface area (TPSA) is 272 Å². The van der Waals surface area contributed by atoms with Gasteiger partial charge >= 0.3 is 355 Å². The average molecular weight is 1910 g/mol. The van der Waals surface area contributed by atoms with Gasteiger partial charge < -0.3 is 0 Å². The molecule has 0 spiro atoms. The zero-order chi connectivity index (χ0) is 81.3. The van der Waals surface area contributed by atoms with Crippen LogP contribution in [-0.2, 0) is 82.7 Å². The van der Waals surface area contributed by atoms with Crippen molar-refractivity contribution in [1.82, 2.24) is 0 Å². The Balaban J connectivity index is -0.000000121. The first-order valence-corrected chi connectivity index (χ1v) is 50.2. The maximum Gasteiger partial charge on any atom is 1.00 e. The van der Waals surface area contributed by atoms with E-state index in [0.717, 1.165) is 92.0 Å². The summed E-state index contributed by atoms with van der Waals surface area (Å²) in [6, 6.07) is 33.6. The van der Waals surface area contributed by atoms with Crippen molar-refractivity contribution in [3.63, 3.8) is 0 Å². The number of unbranched alkanes of at least 4 members (excludes halogenated alkanes) is 45. The molecule has 0 aliphatic carbocycles. The summed E-state index contributed by atoms with van der Waals surface area (Å²) >= 11 is 0. The minimum Gasteiger partial charge on any atom is -0.282 e. The molecule has 0 aliphatic heterocycles. The Morgan fingerprint density at radius 1 is 0.156 bits per heavy atom. The van der Waals surface area contributed by atoms with Crippen LogP contribution >= 0.6 is 0 Å². The van der Waals surface area contributed by atoms with Gasteiger partial charge in [-0.2, -0.15) is 42.1 Å². The predicted octanol–water partition coefficient (Wildman–Crippen LogP) is -8.97. The normalized spacial score (nSPS) is 10.6. The van der Waals surface area contributed by atoms with Crippen LogP contribution in [0.4, 0.5) is 0 Å². The Bertz CT molecular complexity index is 3160. The number of rotatable bonds is 60. The van der Waals surface area contributed by atoms with Crippen LogP contribution in [0.3, 0.4) is 0 Å². The molecule has 5 rings (SSSR count). The fraction of sp³-hybridized carbons (Fsp3) is 0.667. The van der Waals surface area contributed by atoms with Crippen LogP contribution in [0.5, 0.6) is 0 Å². The van der Waals surface area contributed by atoms with Crippen molar-refractivity contribution in [2.45, 2.75) is 412 Å². The number of hydrogen-bond acceptors (Lipinski definition) is 10. The molecule has 32 heteroatoms. The Kier molecular flexibility index (Phi) is 131. The van der Waals surface area contributed by atoms with E-state index in [9.17, 15) is 64.9 Å². The second-order valence-corrected chi connectivity index (χ2v) is 37.0. The first-order valence-electron chi connectivity index (χ1n) is 43.0. The second kappa shape index (κ2) is 103. The van der Waals surface area contributed by atoms with E-state index < -0.39 is 50.6 Å². The minimum absolute atomic E-state index is 0. The third-order valence-corrected chi connectivity index (χ3v) is 25.0. The molecule has 0 aliphatic rings. The van der Waals surface area contributed by atoms with E-state index in [0.29, 0.717) is 32.1 Å². The van der Waals surface area contributed by atoms with Gasteiger partial charge in [0, 0.05) is 0 Å². The smallest absolute Gasteiger partial charge is 0.282 e. The Hall–Kier alpha value is 7.65. The average Bonchev–Trinajstić information content (AvgIpc) is 0.868. The molecule has 5 aromatic carbocycles. The molecule has 0 saturated heterocycles. The van der Waals surface area contributed by atoms with E-state index in [4.69, 9.17) is 0 Å². The molecule has 15 nitrogen and oxygen atoms in total. The van der Waals surface area contributed by atoms with Crippen LogP contribution in [-0.4, -0.2) is 64.9 Å². The zero-order valence-electron chi connectivity index (χ0n) is 80.8. The van der Waals surface area contributed by atoms with Crippen molar-refractivity contribution in [2.75, 3.05) is 0 Å². The summed E-state index contributed by atoms with van der Waals surface area (Å²) in [5, 5.41) is 0. The SMILES string of the molecule is CCCCCCCCCCCCc1ccccc1S(=O)(=O)O.CCCCCCCCCCCCc1ccccc1S(=O)(=O)O.CCCCCCCCCCCCc1ccccc1S(=O)(=O)O.CCCCCCCCCCCCc1ccccc1S(=O)(=O)O.CCCCCCCCCCCCc1ccccc1S(=O)(=O)O.[Na+].[Na+].[Na+].[Na+].[Na+].[Na+].[Na+].[Na+].[Na+].[Na+].[Na+].[Na+]. The van der Waals surface area contributed by atoms with Crippen LogP contribution in [0.2, 0.25) is 0 Å². The van der Waals surface area contributed by atoms with Crippen LogP contribution in [0, 0.1) is 0 Å². The molecule has 122 heavy (non-hydrogen) atoms. The summed E-state index contributed by atoms with van der Waals surface area (Å²) in [5.74, 6) is 0. The van der Waals surface area contributed by atoms with Crippen molar-refractivity contribution < 1.29 is 420 Å². The van der Waals surface area contributed by atoms with E-state index in [2.05, 4.69) is 34.6 Å². The summed E-state index contributed by atoms with van der Waals surface area (Å²) < 4.78 is 159. The van der Waals surface area contributed by atoms with Crippen LogP contribution in [0.15, 0.2) is 146 Å². The van der Waals surface area contributed by atoms with Gasteiger partial charge in [0.05, 0.1) is 24.5 Å². The van der Waals surface area contributed by atoms with E-state index >= 15 is 0 Å². The third kappa shape index (κ3) is 87.9. The van der Waals surface area contributed by atoms with Gasteiger partial charge in [-0.1, -0.05) is 415 Å². The van der Waals surface area contributed by atoms with Crippen molar-refractivity contribution in [3.8, 4) is 0 Å². The first-order chi connectivity index (χ1) is 52.8. The summed E-state index contributed by atoms with van der Waals surface area (Å²) in [5.41, 5.74) is 3.63. The van der Waals surface area contributed by atoms with E-state index in [-0.39, 0.29) is 379 Å². The van der Waals surface area contributed by atoms with Gasteiger partial charge in [0.25, 0.3) is 50.6 Å². The van der Waals surface area contributed by atoms with Gasteiger partial charge in [-0.25, -0.2) is 0 Å². The Morgan fingerprint density at radius 2 is 0.246 bits per heavy atom.